The van der Waals surface area contributed by atoms with Crippen molar-refractivity contribution in [1.82, 2.24) is 10.2 Å². The molecule has 1 heterocycles. The zero-order valence-corrected chi connectivity index (χ0v) is 18.3. The topological polar surface area (TPSA) is 104 Å². The molecule has 2 N–H and O–H groups in total. The second kappa shape index (κ2) is 11.7. The normalized spacial score (nSPS) is 20.3. The summed E-state index contributed by atoms with van der Waals surface area (Å²) in [5.74, 6) is -1.79. The third kappa shape index (κ3) is 7.16. The number of benzene rings is 1. The van der Waals surface area contributed by atoms with Crippen molar-refractivity contribution in [2.45, 2.75) is 69.7 Å². The number of nitrogens with one attached hydrogen (secondary N) is 1. The molecular weight excluding hydrogens is 404 g/mol. The highest BCUT2D eigenvalue weighted by Gasteiger charge is 2.35. The largest absolute Gasteiger partial charge is 0.480 e. The molecule has 1 saturated heterocycles. The fraction of sp³-hybridized carbons (Fsp3) is 0.545. The van der Waals surface area contributed by atoms with Crippen LogP contribution < -0.4 is 5.32 Å². The molecular formula is C22H30N2O5S. The van der Waals surface area contributed by atoms with Gasteiger partial charge in [0.1, 0.15) is 12.6 Å². The molecule has 164 valence electrons. The Morgan fingerprint density at radius 1 is 1.23 bits per heavy atom. The molecule has 8 heteroatoms. The van der Waals surface area contributed by atoms with E-state index in [2.05, 4.69) is 5.32 Å². The number of likely N-dealkylation sites (tertiary alicyclic amines) is 1. The molecule has 1 aliphatic rings. The monoisotopic (exact) mass is 434 g/mol. The van der Waals surface area contributed by atoms with Crippen molar-refractivity contribution in [2.75, 3.05) is 6.54 Å². The smallest absolute Gasteiger partial charge is 0.323 e. The van der Waals surface area contributed by atoms with Gasteiger partial charge in [-0.25, -0.2) is 0 Å². The Bertz CT molecular complexity index is 755. The van der Waals surface area contributed by atoms with E-state index in [0.29, 0.717) is 12.8 Å². The number of hydrogen-bond donors (Lipinski definition) is 2. The lowest BCUT2D eigenvalue weighted by molar-refractivity contribution is -0.147. The van der Waals surface area contributed by atoms with Crippen LogP contribution in [0.4, 0.5) is 0 Å². The second-order valence-corrected chi connectivity index (χ2v) is 8.96. The predicted octanol–water partition coefficient (Wildman–Crippen LogP) is 2.63. The molecule has 0 bridgehead atoms. The fourth-order valence-electron chi connectivity index (χ4n) is 3.82. The van der Waals surface area contributed by atoms with Crippen LogP contribution in [0.3, 0.4) is 0 Å². The van der Waals surface area contributed by atoms with Crippen LogP contribution in [0.15, 0.2) is 30.3 Å². The summed E-state index contributed by atoms with van der Waals surface area (Å²) in [7, 11) is 0. The number of nitrogens with zero attached hydrogens (tertiary/aromatic N) is 1. The van der Waals surface area contributed by atoms with E-state index in [1.54, 1.807) is 0 Å². The van der Waals surface area contributed by atoms with Gasteiger partial charge in [0, 0.05) is 13.0 Å². The van der Waals surface area contributed by atoms with E-state index < -0.39 is 17.3 Å². The van der Waals surface area contributed by atoms with E-state index in [1.807, 2.05) is 37.3 Å². The second-order valence-electron chi connectivity index (χ2n) is 7.58. The summed E-state index contributed by atoms with van der Waals surface area (Å²) in [5.41, 5.74) is 0.925. The first-order valence-electron chi connectivity index (χ1n) is 10.4. The van der Waals surface area contributed by atoms with Crippen molar-refractivity contribution in [3.8, 4) is 0 Å². The van der Waals surface area contributed by atoms with Gasteiger partial charge in [-0.1, -0.05) is 55.4 Å². The van der Waals surface area contributed by atoms with E-state index in [9.17, 15) is 24.3 Å². The molecule has 0 saturated carbocycles. The number of carboxylic acids is 1. The number of amides is 2. The van der Waals surface area contributed by atoms with Gasteiger partial charge in [0.2, 0.25) is 11.8 Å². The van der Waals surface area contributed by atoms with Crippen molar-refractivity contribution in [3.05, 3.63) is 35.9 Å². The molecule has 1 aromatic carbocycles. The van der Waals surface area contributed by atoms with Crippen LogP contribution in [0.1, 0.15) is 51.5 Å². The first kappa shape index (κ1) is 23.9. The highest BCUT2D eigenvalue weighted by atomic mass is 32.2. The zero-order valence-electron chi connectivity index (χ0n) is 17.5. The van der Waals surface area contributed by atoms with Crippen molar-refractivity contribution in [3.63, 3.8) is 0 Å². The quantitative estimate of drug-likeness (QED) is 0.619. The number of thioether (sulfide) groups is 1. The Balaban J connectivity index is 2.15. The lowest BCUT2D eigenvalue weighted by Crippen LogP contribution is -2.53. The molecule has 1 fully saturated rings. The van der Waals surface area contributed by atoms with Crippen molar-refractivity contribution in [2.24, 2.45) is 0 Å². The number of carboxylic acid groups (broad SMARTS) is 1. The van der Waals surface area contributed by atoms with Crippen LogP contribution in [-0.2, 0) is 25.6 Å². The van der Waals surface area contributed by atoms with Crippen LogP contribution in [-0.4, -0.2) is 56.8 Å². The summed E-state index contributed by atoms with van der Waals surface area (Å²) < 4.78 is 0. The van der Waals surface area contributed by atoms with Crippen LogP contribution in [0.2, 0.25) is 0 Å². The standard InChI is InChI=1S/C22H30N2O5S/c1-3-8-17-11-7-12-18(22(29)24(17)14-20(26)27)23-21(28)19(30-15(2)25)13-16-9-5-4-6-10-16/h4-6,9-10,17-19H,3,7-8,11-14H2,1-2H3,(H,23,28)(H,26,27). The Morgan fingerprint density at radius 3 is 2.53 bits per heavy atom. The van der Waals surface area contributed by atoms with E-state index >= 15 is 0 Å². The minimum atomic E-state index is -1.06. The minimum Gasteiger partial charge on any atom is -0.480 e. The molecule has 3 atom stereocenters. The Hall–Kier alpha value is -2.35. The SMILES string of the molecule is CCCC1CCCC(NC(=O)C(Cc2ccccc2)SC(C)=O)C(=O)N1CC(=O)O. The molecule has 0 aromatic heterocycles. The van der Waals surface area contributed by atoms with Crippen LogP contribution >= 0.6 is 11.8 Å². The van der Waals surface area contributed by atoms with Gasteiger partial charge >= 0.3 is 5.97 Å². The summed E-state index contributed by atoms with van der Waals surface area (Å²) in [6.45, 7) is 3.04. The lowest BCUT2D eigenvalue weighted by Gasteiger charge is -2.30. The summed E-state index contributed by atoms with van der Waals surface area (Å²) in [6.07, 6.45) is 3.85. The fourth-order valence-corrected chi connectivity index (χ4v) is 4.67. The molecule has 1 aromatic rings. The van der Waals surface area contributed by atoms with E-state index in [4.69, 9.17) is 0 Å². The van der Waals surface area contributed by atoms with Crippen molar-refractivity contribution in [1.29, 1.82) is 0 Å². The predicted molar refractivity (Wildman–Crippen MR) is 116 cm³/mol. The van der Waals surface area contributed by atoms with Crippen molar-refractivity contribution < 1.29 is 24.3 Å². The summed E-state index contributed by atoms with van der Waals surface area (Å²) in [5, 5.41) is 11.2. The number of hydrogen-bond acceptors (Lipinski definition) is 5. The first-order chi connectivity index (χ1) is 14.3. The van der Waals surface area contributed by atoms with Crippen LogP contribution in [0, 0.1) is 0 Å². The average molecular weight is 435 g/mol. The number of carbonyl (C=O) groups is 4. The van der Waals surface area contributed by atoms with Gasteiger partial charge in [0.25, 0.3) is 0 Å². The third-order valence-corrected chi connectivity index (χ3v) is 6.16. The Labute approximate surface area is 181 Å². The highest BCUT2D eigenvalue weighted by molar-refractivity contribution is 8.14. The number of carbonyl (C=O) groups excluding carboxylic acids is 3. The van der Waals surface area contributed by atoms with E-state index in [-0.39, 0.29) is 29.5 Å². The van der Waals surface area contributed by atoms with Gasteiger partial charge < -0.3 is 15.3 Å². The van der Waals surface area contributed by atoms with Crippen LogP contribution in [0.25, 0.3) is 0 Å². The lowest BCUT2D eigenvalue weighted by atomic mass is 10.0. The maximum absolute atomic E-state index is 13.1. The molecule has 3 unspecified atom stereocenters. The molecule has 0 radical (unpaired) electrons. The summed E-state index contributed by atoms with van der Waals surface area (Å²) >= 11 is 0.948. The maximum atomic E-state index is 13.1. The molecule has 2 rings (SSSR count). The molecule has 0 spiro atoms. The molecule has 1 aliphatic heterocycles. The first-order valence-corrected chi connectivity index (χ1v) is 11.2. The van der Waals surface area contributed by atoms with Crippen molar-refractivity contribution >= 4 is 34.7 Å². The number of aliphatic carboxylic acids is 1. The van der Waals surface area contributed by atoms with Gasteiger partial charge in [-0.3, -0.25) is 19.2 Å². The Kier molecular flexibility index (Phi) is 9.36. The molecule has 2 amide bonds. The minimum absolute atomic E-state index is 0.132. The molecule has 0 aliphatic carbocycles. The van der Waals surface area contributed by atoms with Gasteiger partial charge in [0.05, 0.1) is 5.25 Å². The highest BCUT2D eigenvalue weighted by Crippen LogP contribution is 2.23. The Morgan fingerprint density at radius 2 is 1.93 bits per heavy atom. The molecule has 30 heavy (non-hydrogen) atoms. The van der Waals surface area contributed by atoms with E-state index in [1.165, 1.54) is 11.8 Å². The van der Waals surface area contributed by atoms with Gasteiger partial charge in [-0.15, -0.1) is 0 Å². The summed E-state index contributed by atoms with van der Waals surface area (Å²) in [6, 6.07) is 8.50. The van der Waals surface area contributed by atoms with Gasteiger partial charge in [0.15, 0.2) is 5.12 Å². The maximum Gasteiger partial charge on any atom is 0.323 e. The van der Waals surface area contributed by atoms with Gasteiger partial charge in [-0.2, -0.15) is 0 Å². The van der Waals surface area contributed by atoms with Gasteiger partial charge in [-0.05, 0) is 37.7 Å². The zero-order chi connectivity index (χ0) is 22.1. The van der Waals surface area contributed by atoms with E-state index in [0.717, 1.165) is 43.0 Å². The molecule has 7 nitrogen and oxygen atoms in total. The van der Waals surface area contributed by atoms with Crippen LogP contribution in [0.5, 0.6) is 0 Å². The summed E-state index contributed by atoms with van der Waals surface area (Å²) in [4.78, 5) is 50.5. The number of rotatable bonds is 9. The third-order valence-electron chi connectivity index (χ3n) is 5.16. The average Bonchev–Trinajstić information content (AvgIpc) is 2.82.